The predicted molar refractivity (Wildman–Crippen MR) is 90.6 cm³/mol. The van der Waals surface area contributed by atoms with Gasteiger partial charge in [-0.15, -0.1) is 0 Å². The number of rotatable bonds is 1. The SMILES string of the molecule is O=C1[C@@H]2Cc3c([nH]c4ccccc34)CN2C(=O)N1C1CCS(=O)(=O)C1. The molecule has 1 N–H and O–H groups in total. The van der Waals surface area contributed by atoms with Gasteiger partial charge in [-0.3, -0.25) is 9.69 Å². The standard InChI is InChI=1S/C17H17N3O4S/c21-16-15-7-12-11-3-1-2-4-13(11)18-14(12)8-19(15)17(22)20(16)10-5-6-25(23,24)9-10/h1-4,10,15,18H,5-9H2/t10?,15-/m0/s1. The first-order chi connectivity index (χ1) is 11.9. The Morgan fingerprint density at radius 2 is 1.96 bits per heavy atom. The minimum absolute atomic E-state index is 0.0447. The third-order valence-corrected chi connectivity index (χ3v) is 7.30. The second kappa shape index (κ2) is 4.85. The lowest BCUT2D eigenvalue weighted by Gasteiger charge is -2.27. The summed E-state index contributed by atoms with van der Waals surface area (Å²) in [5, 5.41) is 1.08. The Labute approximate surface area is 144 Å². The topological polar surface area (TPSA) is 90.6 Å². The highest BCUT2D eigenvalue weighted by atomic mass is 32.2. The summed E-state index contributed by atoms with van der Waals surface area (Å²) >= 11 is 0. The van der Waals surface area contributed by atoms with Crippen molar-refractivity contribution in [2.45, 2.75) is 31.5 Å². The number of amides is 3. The Morgan fingerprint density at radius 3 is 2.72 bits per heavy atom. The van der Waals surface area contributed by atoms with Crippen LogP contribution in [0.15, 0.2) is 24.3 Å². The Balaban J connectivity index is 1.51. The highest BCUT2D eigenvalue weighted by Crippen LogP contribution is 2.36. The Bertz CT molecular complexity index is 1030. The normalized spacial score (nSPS) is 27.8. The van der Waals surface area contributed by atoms with Gasteiger partial charge in [-0.05, 0) is 18.1 Å². The second-order valence-electron chi connectivity index (χ2n) is 7.02. The molecular weight excluding hydrogens is 342 g/mol. The number of carbonyl (C=O) groups is 2. The lowest BCUT2D eigenvalue weighted by Crippen LogP contribution is -2.41. The Kier molecular flexibility index (Phi) is 2.90. The van der Waals surface area contributed by atoms with Crippen molar-refractivity contribution in [2.75, 3.05) is 11.5 Å². The number of nitrogens with one attached hydrogen (secondary N) is 1. The lowest BCUT2D eigenvalue weighted by atomic mass is 9.97. The average molecular weight is 359 g/mol. The molecule has 3 aliphatic heterocycles. The smallest absolute Gasteiger partial charge is 0.328 e. The number of hydrogen-bond donors (Lipinski definition) is 1. The molecule has 4 heterocycles. The predicted octanol–water partition coefficient (Wildman–Crippen LogP) is 1.04. The zero-order chi connectivity index (χ0) is 17.3. The van der Waals surface area contributed by atoms with Gasteiger partial charge in [0.05, 0.1) is 24.1 Å². The van der Waals surface area contributed by atoms with Crippen LogP contribution in [0.2, 0.25) is 0 Å². The highest BCUT2D eigenvalue weighted by molar-refractivity contribution is 7.91. The Morgan fingerprint density at radius 1 is 1.16 bits per heavy atom. The lowest BCUT2D eigenvalue weighted by molar-refractivity contribution is -0.129. The fraction of sp³-hybridized carbons (Fsp3) is 0.412. The summed E-state index contributed by atoms with van der Waals surface area (Å²) in [5.41, 5.74) is 3.05. The molecule has 0 bridgehead atoms. The molecular formula is C17H17N3O4S. The van der Waals surface area contributed by atoms with Crippen LogP contribution in [0.5, 0.6) is 0 Å². The van der Waals surface area contributed by atoms with Gasteiger partial charge in [0.1, 0.15) is 6.04 Å². The van der Waals surface area contributed by atoms with E-state index in [0.29, 0.717) is 19.4 Å². The molecule has 1 aromatic heterocycles. The van der Waals surface area contributed by atoms with Crippen molar-refractivity contribution >= 4 is 32.7 Å². The van der Waals surface area contributed by atoms with E-state index >= 15 is 0 Å². The van der Waals surface area contributed by atoms with Crippen molar-refractivity contribution in [1.29, 1.82) is 0 Å². The number of H-pyrrole nitrogens is 1. The van der Waals surface area contributed by atoms with Crippen molar-refractivity contribution in [3.05, 3.63) is 35.5 Å². The quantitative estimate of drug-likeness (QED) is 0.771. The summed E-state index contributed by atoms with van der Waals surface area (Å²) in [4.78, 5) is 31.8. The first-order valence-electron chi connectivity index (χ1n) is 8.37. The van der Waals surface area contributed by atoms with Gasteiger partial charge in [-0.25, -0.2) is 13.2 Å². The highest BCUT2D eigenvalue weighted by Gasteiger charge is 2.52. The number of carbonyl (C=O) groups excluding carboxylic acids is 2. The van der Waals surface area contributed by atoms with Crippen molar-refractivity contribution < 1.29 is 18.0 Å². The maximum atomic E-state index is 12.9. The van der Waals surface area contributed by atoms with E-state index in [0.717, 1.165) is 22.2 Å². The van der Waals surface area contributed by atoms with Crippen molar-refractivity contribution in [3.63, 3.8) is 0 Å². The zero-order valence-electron chi connectivity index (χ0n) is 13.4. The number of nitrogens with zero attached hydrogens (tertiary/aromatic N) is 2. The average Bonchev–Trinajstić information content (AvgIpc) is 3.19. The second-order valence-corrected chi connectivity index (χ2v) is 9.25. The third-order valence-electron chi connectivity index (χ3n) is 5.55. The number of benzene rings is 1. The van der Waals surface area contributed by atoms with Crippen LogP contribution >= 0.6 is 0 Å². The Hall–Kier alpha value is -2.35. The monoisotopic (exact) mass is 359 g/mol. The zero-order valence-corrected chi connectivity index (χ0v) is 14.3. The van der Waals surface area contributed by atoms with Gasteiger partial charge in [0, 0.05) is 23.0 Å². The van der Waals surface area contributed by atoms with E-state index in [1.165, 1.54) is 4.90 Å². The molecule has 0 saturated carbocycles. The minimum atomic E-state index is -3.15. The van der Waals surface area contributed by atoms with Gasteiger partial charge in [-0.2, -0.15) is 0 Å². The van der Waals surface area contributed by atoms with E-state index in [1.54, 1.807) is 4.90 Å². The molecule has 0 radical (unpaired) electrons. The molecule has 2 atom stereocenters. The molecule has 130 valence electrons. The summed E-state index contributed by atoms with van der Waals surface area (Å²) in [6.45, 7) is 0.356. The maximum absolute atomic E-state index is 12.9. The van der Waals surface area contributed by atoms with Gasteiger partial charge >= 0.3 is 6.03 Å². The van der Waals surface area contributed by atoms with Gasteiger partial charge in [-0.1, -0.05) is 18.2 Å². The summed E-state index contributed by atoms with van der Waals surface area (Å²) in [6, 6.07) is 6.50. The van der Waals surface area contributed by atoms with E-state index in [1.807, 2.05) is 24.3 Å². The van der Waals surface area contributed by atoms with Crippen LogP contribution < -0.4 is 0 Å². The summed E-state index contributed by atoms with van der Waals surface area (Å²) in [7, 11) is -3.15. The van der Waals surface area contributed by atoms with E-state index in [4.69, 9.17) is 0 Å². The van der Waals surface area contributed by atoms with Crippen LogP contribution in [0.4, 0.5) is 4.79 Å². The molecule has 3 aliphatic rings. The molecule has 5 rings (SSSR count). The molecule has 3 amide bonds. The van der Waals surface area contributed by atoms with Gasteiger partial charge in [0.25, 0.3) is 5.91 Å². The van der Waals surface area contributed by atoms with Crippen LogP contribution in [0.25, 0.3) is 10.9 Å². The molecule has 25 heavy (non-hydrogen) atoms. The number of aromatic nitrogens is 1. The molecule has 2 aromatic rings. The van der Waals surface area contributed by atoms with Gasteiger partial charge in [0.2, 0.25) is 0 Å². The number of aromatic amines is 1. The molecule has 0 aliphatic carbocycles. The largest absolute Gasteiger partial charge is 0.357 e. The molecule has 1 aromatic carbocycles. The summed E-state index contributed by atoms with van der Waals surface area (Å²) < 4.78 is 23.5. The van der Waals surface area contributed by atoms with Crippen LogP contribution in [0, 0.1) is 0 Å². The van der Waals surface area contributed by atoms with Crippen LogP contribution in [0.1, 0.15) is 17.7 Å². The maximum Gasteiger partial charge on any atom is 0.328 e. The number of urea groups is 1. The molecule has 1 unspecified atom stereocenters. The third kappa shape index (κ3) is 2.06. The number of imide groups is 1. The van der Waals surface area contributed by atoms with Crippen molar-refractivity contribution in [2.24, 2.45) is 0 Å². The number of sulfone groups is 1. The van der Waals surface area contributed by atoms with Crippen LogP contribution in [-0.4, -0.2) is 58.7 Å². The van der Waals surface area contributed by atoms with E-state index in [2.05, 4.69) is 4.98 Å². The van der Waals surface area contributed by atoms with Crippen LogP contribution in [-0.2, 0) is 27.6 Å². The molecule has 2 saturated heterocycles. The first kappa shape index (κ1) is 14.9. The van der Waals surface area contributed by atoms with E-state index in [9.17, 15) is 18.0 Å². The summed E-state index contributed by atoms with van der Waals surface area (Å²) in [6.07, 6.45) is 0.814. The number of hydrogen-bond acceptors (Lipinski definition) is 4. The molecule has 0 spiro atoms. The van der Waals surface area contributed by atoms with Gasteiger partial charge < -0.3 is 9.88 Å². The van der Waals surface area contributed by atoms with E-state index in [-0.39, 0.29) is 23.4 Å². The summed E-state index contributed by atoms with van der Waals surface area (Å²) in [5.74, 6) is -0.328. The van der Waals surface area contributed by atoms with Gasteiger partial charge in [0.15, 0.2) is 9.84 Å². The molecule has 8 heteroatoms. The fourth-order valence-electron chi connectivity index (χ4n) is 4.34. The molecule has 2 fully saturated rings. The van der Waals surface area contributed by atoms with E-state index < -0.39 is 21.9 Å². The molecule has 7 nitrogen and oxygen atoms in total. The van der Waals surface area contributed by atoms with Crippen molar-refractivity contribution in [3.8, 4) is 0 Å². The number of para-hydroxylation sites is 1. The van der Waals surface area contributed by atoms with Crippen molar-refractivity contribution in [1.82, 2.24) is 14.8 Å². The minimum Gasteiger partial charge on any atom is -0.357 e. The first-order valence-corrected chi connectivity index (χ1v) is 10.2. The number of fused-ring (bicyclic) bond motifs is 4. The van der Waals surface area contributed by atoms with Crippen LogP contribution in [0.3, 0.4) is 0 Å². The fourth-order valence-corrected chi connectivity index (χ4v) is 6.04.